The maximum atomic E-state index is 3.79. The molecule has 0 bridgehead atoms. The van der Waals surface area contributed by atoms with Gasteiger partial charge in [0.1, 0.15) is 0 Å². The van der Waals surface area contributed by atoms with Gasteiger partial charge in [-0.3, -0.25) is 0 Å². The minimum atomic E-state index is 0.559. The third-order valence-electron chi connectivity index (χ3n) is 4.58. The lowest BCUT2D eigenvalue weighted by atomic mass is 9.88. The normalized spacial score (nSPS) is 17.8. The van der Waals surface area contributed by atoms with Crippen molar-refractivity contribution in [1.82, 2.24) is 5.32 Å². The summed E-state index contributed by atoms with van der Waals surface area (Å²) in [5.74, 6) is 0.938. The number of aryl methyl sites for hydroxylation is 2. The summed E-state index contributed by atoms with van der Waals surface area (Å²) in [6, 6.07) is 7.26. The van der Waals surface area contributed by atoms with Crippen molar-refractivity contribution in [2.24, 2.45) is 5.92 Å². The van der Waals surface area contributed by atoms with Gasteiger partial charge < -0.3 is 5.32 Å². The first kappa shape index (κ1) is 14.6. The molecule has 19 heavy (non-hydrogen) atoms. The quantitative estimate of drug-likeness (QED) is 0.764. The van der Waals surface area contributed by atoms with Crippen molar-refractivity contribution in [2.75, 3.05) is 6.54 Å². The van der Waals surface area contributed by atoms with Crippen LogP contribution in [0.4, 0.5) is 0 Å². The Hall–Kier alpha value is -0.820. The molecule has 106 valence electrons. The first-order valence-corrected chi connectivity index (χ1v) is 8.02. The van der Waals surface area contributed by atoms with Crippen LogP contribution in [0.25, 0.3) is 0 Å². The van der Waals surface area contributed by atoms with Crippen LogP contribution < -0.4 is 5.32 Å². The molecule has 1 fully saturated rings. The largest absolute Gasteiger partial charge is 0.310 e. The van der Waals surface area contributed by atoms with Gasteiger partial charge in [-0.05, 0) is 55.8 Å². The van der Waals surface area contributed by atoms with Crippen molar-refractivity contribution >= 4 is 0 Å². The molecule has 1 N–H and O–H groups in total. The first-order valence-electron chi connectivity index (χ1n) is 8.02. The Kier molecular flexibility index (Phi) is 5.45. The summed E-state index contributed by atoms with van der Waals surface area (Å²) in [5.41, 5.74) is 4.46. The Morgan fingerprint density at radius 1 is 1.16 bits per heavy atom. The standard InChI is InChI=1S/C18H29N/c1-4-12-19-17(13-16-10-5-6-11-16)18-14(2)8-7-9-15(18)3/h7-9,16-17,19H,4-6,10-13H2,1-3H3. The SMILES string of the molecule is CCCNC(CC1CCCC1)c1c(C)cccc1C. The highest BCUT2D eigenvalue weighted by Gasteiger charge is 2.22. The molecule has 1 nitrogen and oxygen atoms in total. The zero-order valence-electron chi connectivity index (χ0n) is 12.8. The second kappa shape index (κ2) is 7.09. The fourth-order valence-electron chi connectivity index (χ4n) is 3.58. The maximum absolute atomic E-state index is 3.79. The van der Waals surface area contributed by atoms with Crippen LogP contribution in [0.15, 0.2) is 18.2 Å². The van der Waals surface area contributed by atoms with Gasteiger partial charge in [-0.2, -0.15) is 0 Å². The van der Waals surface area contributed by atoms with Gasteiger partial charge in [-0.25, -0.2) is 0 Å². The van der Waals surface area contributed by atoms with Gasteiger partial charge in [0.15, 0.2) is 0 Å². The highest BCUT2D eigenvalue weighted by Crippen LogP contribution is 2.34. The third-order valence-corrected chi connectivity index (χ3v) is 4.58. The van der Waals surface area contributed by atoms with Crippen LogP contribution in [0, 0.1) is 19.8 Å². The molecule has 1 aliphatic carbocycles. The van der Waals surface area contributed by atoms with E-state index in [1.54, 1.807) is 5.56 Å². The average Bonchev–Trinajstić information content (AvgIpc) is 2.88. The van der Waals surface area contributed by atoms with E-state index in [2.05, 4.69) is 44.3 Å². The van der Waals surface area contributed by atoms with Crippen LogP contribution in [0.3, 0.4) is 0 Å². The number of rotatable bonds is 6. The van der Waals surface area contributed by atoms with E-state index in [0.29, 0.717) is 6.04 Å². The summed E-state index contributed by atoms with van der Waals surface area (Å²) in [4.78, 5) is 0. The van der Waals surface area contributed by atoms with E-state index in [0.717, 1.165) is 12.5 Å². The van der Waals surface area contributed by atoms with Crippen molar-refractivity contribution in [3.63, 3.8) is 0 Å². The average molecular weight is 259 g/mol. The summed E-state index contributed by atoms with van der Waals surface area (Å²) in [6.45, 7) is 7.91. The Labute approximate surface area is 118 Å². The Morgan fingerprint density at radius 2 is 1.79 bits per heavy atom. The van der Waals surface area contributed by atoms with Gasteiger partial charge in [-0.1, -0.05) is 50.8 Å². The smallest absolute Gasteiger partial charge is 0.0328 e. The van der Waals surface area contributed by atoms with E-state index in [4.69, 9.17) is 0 Å². The molecule has 1 aliphatic rings. The highest BCUT2D eigenvalue weighted by molar-refractivity contribution is 5.36. The lowest BCUT2D eigenvalue weighted by Crippen LogP contribution is -2.25. The van der Waals surface area contributed by atoms with Crippen molar-refractivity contribution < 1.29 is 0 Å². The molecule has 1 unspecified atom stereocenters. The third kappa shape index (κ3) is 3.82. The fourth-order valence-corrected chi connectivity index (χ4v) is 3.58. The van der Waals surface area contributed by atoms with Crippen molar-refractivity contribution in [2.45, 2.75) is 65.3 Å². The van der Waals surface area contributed by atoms with E-state index < -0.39 is 0 Å². The molecular weight excluding hydrogens is 230 g/mol. The summed E-state index contributed by atoms with van der Waals surface area (Å²) in [6.07, 6.45) is 8.30. The molecule has 1 atom stereocenters. The van der Waals surface area contributed by atoms with Crippen LogP contribution >= 0.6 is 0 Å². The van der Waals surface area contributed by atoms with E-state index in [-0.39, 0.29) is 0 Å². The molecule has 0 heterocycles. The molecule has 1 heteroatoms. The summed E-state index contributed by atoms with van der Waals surface area (Å²) < 4.78 is 0. The number of benzene rings is 1. The van der Waals surface area contributed by atoms with Crippen LogP contribution in [-0.4, -0.2) is 6.54 Å². The molecule has 0 spiro atoms. The van der Waals surface area contributed by atoms with Crippen LogP contribution in [0.5, 0.6) is 0 Å². The number of nitrogens with one attached hydrogen (secondary N) is 1. The van der Waals surface area contributed by atoms with Gasteiger partial charge >= 0.3 is 0 Å². The molecule has 1 saturated carbocycles. The van der Waals surface area contributed by atoms with E-state index in [9.17, 15) is 0 Å². The van der Waals surface area contributed by atoms with Crippen LogP contribution in [0.1, 0.15) is 68.2 Å². The predicted molar refractivity (Wildman–Crippen MR) is 83.5 cm³/mol. The summed E-state index contributed by atoms with van der Waals surface area (Å²) in [5, 5.41) is 3.79. The van der Waals surface area contributed by atoms with Gasteiger partial charge in [0.25, 0.3) is 0 Å². The maximum Gasteiger partial charge on any atom is 0.0328 e. The monoisotopic (exact) mass is 259 g/mol. The molecule has 0 amide bonds. The minimum Gasteiger partial charge on any atom is -0.310 e. The molecule has 0 saturated heterocycles. The molecule has 0 aliphatic heterocycles. The minimum absolute atomic E-state index is 0.559. The van der Waals surface area contributed by atoms with Crippen molar-refractivity contribution in [3.05, 3.63) is 34.9 Å². The lowest BCUT2D eigenvalue weighted by molar-refractivity contribution is 0.393. The molecule has 0 radical (unpaired) electrons. The van der Waals surface area contributed by atoms with Crippen molar-refractivity contribution in [1.29, 1.82) is 0 Å². The fraction of sp³-hybridized carbons (Fsp3) is 0.667. The molecular formula is C18H29N. The van der Waals surface area contributed by atoms with Gasteiger partial charge in [0.05, 0.1) is 0 Å². The van der Waals surface area contributed by atoms with Crippen LogP contribution in [0.2, 0.25) is 0 Å². The number of hydrogen-bond donors (Lipinski definition) is 1. The van der Waals surface area contributed by atoms with E-state index >= 15 is 0 Å². The second-order valence-corrected chi connectivity index (χ2v) is 6.20. The second-order valence-electron chi connectivity index (χ2n) is 6.20. The lowest BCUT2D eigenvalue weighted by Gasteiger charge is -2.25. The molecule has 2 rings (SSSR count). The van der Waals surface area contributed by atoms with Crippen LogP contribution in [-0.2, 0) is 0 Å². The summed E-state index contributed by atoms with van der Waals surface area (Å²) in [7, 11) is 0. The molecule has 0 aromatic heterocycles. The molecule has 1 aromatic rings. The van der Waals surface area contributed by atoms with Gasteiger partial charge in [-0.15, -0.1) is 0 Å². The zero-order valence-corrected chi connectivity index (χ0v) is 12.8. The van der Waals surface area contributed by atoms with Crippen molar-refractivity contribution in [3.8, 4) is 0 Å². The summed E-state index contributed by atoms with van der Waals surface area (Å²) >= 11 is 0. The zero-order chi connectivity index (χ0) is 13.7. The van der Waals surface area contributed by atoms with E-state index in [1.165, 1.54) is 49.7 Å². The Morgan fingerprint density at radius 3 is 2.37 bits per heavy atom. The first-order chi connectivity index (χ1) is 9.22. The van der Waals surface area contributed by atoms with E-state index in [1.807, 2.05) is 0 Å². The van der Waals surface area contributed by atoms with Gasteiger partial charge in [0, 0.05) is 6.04 Å². The highest BCUT2D eigenvalue weighted by atomic mass is 14.9. The number of hydrogen-bond acceptors (Lipinski definition) is 1. The molecule has 1 aromatic carbocycles. The topological polar surface area (TPSA) is 12.0 Å². The Balaban J connectivity index is 2.15. The predicted octanol–water partition coefficient (Wildman–Crippen LogP) is 4.92. The van der Waals surface area contributed by atoms with Gasteiger partial charge in [0.2, 0.25) is 0 Å². The Bertz CT molecular complexity index is 370.